The lowest BCUT2D eigenvalue weighted by Crippen LogP contribution is -2.57. The van der Waals surface area contributed by atoms with E-state index in [1.807, 2.05) is 25.2 Å². The third-order valence-corrected chi connectivity index (χ3v) is 7.79. The van der Waals surface area contributed by atoms with Crippen LogP contribution in [0.25, 0.3) is 5.57 Å². The first-order valence-corrected chi connectivity index (χ1v) is 11.9. The highest BCUT2D eigenvalue weighted by Crippen LogP contribution is 2.58. The maximum atomic E-state index is 16.3. The number of carbonyl (C=O) groups excluding carboxylic acids is 1. The zero-order valence-electron chi connectivity index (χ0n) is 19.9. The average Bonchev–Trinajstić information content (AvgIpc) is 3.13. The van der Waals surface area contributed by atoms with Crippen LogP contribution < -0.4 is 16.2 Å². The number of primary amides is 1. The van der Waals surface area contributed by atoms with E-state index in [9.17, 15) is 15.0 Å². The Morgan fingerprint density at radius 2 is 2.06 bits per heavy atom. The van der Waals surface area contributed by atoms with Crippen molar-refractivity contribution in [2.75, 3.05) is 19.8 Å². The number of nitrogens with two attached hydrogens (primary N) is 2. The summed E-state index contributed by atoms with van der Waals surface area (Å²) in [6.45, 7) is 2.53. The van der Waals surface area contributed by atoms with E-state index in [-0.39, 0.29) is 47.8 Å². The van der Waals surface area contributed by atoms with Crippen LogP contribution in [0, 0.1) is 11.2 Å². The number of aliphatic hydroxyl groups excluding tert-OH is 2. The fourth-order valence-corrected chi connectivity index (χ4v) is 5.55. The molecule has 0 bridgehead atoms. The minimum atomic E-state index is -2.06. The second-order valence-corrected chi connectivity index (χ2v) is 9.99. The lowest BCUT2D eigenvalue weighted by molar-refractivity contribution is -0.114. The minimum absolute atomic E-state index is 0.00670. The number of hydrogen-bond acceptors (Lipinski definition) is 6. The Morgan fingerprint density at radius 1 is 1.33 bits per heavy atom. The summed E-state index contributed by atoms with van der Waals surface area (Å²) in [5.74, 6) is -1.98. The first-order valence-electron chi connectivity index (χ1n) is 11.5. The van der Waals surface area contributed by atoms with Crippen molar-refractivity contribution in [2.45, 2.75) is 43.7 Å². The maximum Gasteiger partial charge on any atom is 0.249 e. The summed E-state index contributed by atoms with van der Waals surface area (Å²) in [5, 5.41) is 20.4. The number of allylic oxidation sites excluding steroid dienone is 3. The molecule has 0 radical (unpaired) electrons. The first kappa shape index (κ1) is 26.5. The Labute approximate surface area is 212 Å². The molecule has 194 valence electrons. The van der Waals surface area contributed by atoms with Crippen molar-refractivity contribution in [3.05, 3.63) is 70.1 Å². The molecule has 1 amide bonds. The van der Waals surface area contributed by atoms with E-state index >= 15 is 8.78 Å². The third kappa shape index (κ3) is 3.81. The molecule has 0 fully saturated rings. The lowest BCUT2D eigenvalue weighted by atomic mass is 9.65. The van der Waals surface area contributed by atoms with Crippen LogP contribution >= 0.6 is 11.6 Å². The molecule has 1 aliphatic heterocycles. The van der Waals surface area contributed by atoms with Gasteiger partial charge in [0.2, 0.25) is 5.91 Å². The van der Waals surface area contributed by atoms with E-state index in [1.165, 1.54) is 19.1 Å². The molecule has 3 aliphatic rings. The largest absolute Gasteiger partial charge is 0.481 e. The maximum absolute atomic E-state index is 16.3. The van der Waals surface area contributed by atoms with Crippen molar-refractivity contribution in [2.24, 2.45) is 16.9 Å². The summed E-state index contributed by atoms with van der Waals surface area (Å²) >= 11 is 6.41. The number of alkyl halides is 1. The number of carbonyl (C=O) groups is 1. The van der Waals surface area contributed by atoms with Gasteiger partial charge in [-0.1, -0.05) is 48.9 Å². The quantitative estimate of drug-likeness (QED) is 0.436. The molecule has 6 N–H and O–H groups in total. The number of halogens is 3. The molecule has 1 aromatic rings. The number of aliphatic hydroxyl groups is 2. The van der Waals surface area contributed by atoms with Crippen molar-refractivity contribution in [3.8, 4) is 5.75 Å². The van der Waals surface area contributed by atoms with Crippen LogP contribution in [0.3, 0.4) is 0 Å². The highest BCUT2D eigenvalue weighted by molar-refractivity contribution is 6.33. The van der Waals surface area contributed by atoms with Crippen LogP contribution in [0.2, 0.25) is 5.02 Å². The molecular weight excluding hydrogens is 494 g/mol. The highest BCUT2D eigenvalue weighted by atomic mass is 35.5. The number of rotatable bonds is 7. The van der Waals surface area contributed by atoms with Gasteiger partial charge >= 0.3 is 0 Å². The van der Waals surface area contributed by atoms with Crippen LogP contribution in [0.15, 0.2) is 48.1 Å². The van der Waals surface area contributed by atoms with Crippen LogP contribution in [-0.4, -0.2) is 53.3 Å². The summed E-state index contributed by atoms with van der Waals surface area (Å²) in [6, 6.07) is 1.02. The molecule has 0 spiro atoms. The molecule has 0 saturated carbocycles. The molecule has 1 aromatic carbocycles. The van der Waals surface area contributed by atoms with E-state index in [0.29, 0.717) is 6.42 Å². The van der Waals surface area contributed by atoms with Crippen molar-refractivity contribution in [1.82, 2.24) is 0 Å². The van der Waals surface area contributed by atoms with Crippen LogP contribution in [-0.2, 0) is 9.53 Å². The molecule has 0 saturated heterocycles. The molecule has 4 rings (SSSR count). The highest BCUT2D eigenvalue weighted by Gasteiger charge is 2.59. The number of benzene rings is 1. The number of hydrogen-bond donors (Lipinski definition) is 4. The summed E-state index contributed by atoms with van der Waals surface area (Å²) in [7, 11) is 0. The number of ether oxygens (including phenoxy) is 2. The number of fused-ring (bicyclic) bond motifs is 1. The Morgan fingerprint density at radius 3 is 2.64 bits per heavy atom. The molecule has 36 heavy (non-hydrogen) atoms. The van der Waals surface area contributed by atoms with E-state index in [4.69, 9.17) is 32.5 Å². The van der Waals surface area contributed by atoms with Gasteiger partial charge < -0.3 is 31.2 Å². The van der Waals surface area contributed by atoms with E-state index < -0.39 is 45.6 Å². The zero-order valence-corrected chi connectivity index (χ0v) is 20.7. The normalized spacial score (nSPS) is 33.1. The standard InChI is InChI=1S/C26H29ClF2N2O5/c1-24(7-4-3-5-8-24)26(13-30)22(33)18-16(36-26)12-15(28)20(27)19(18)17-14(23(31)34)6-9-25(2,21(17)29)35-11-10-32/h3-7,9,12,21-22,32-33H,8,10-11,13,30H2,1-2H3,(H2,31,34)/t21?,22-,24?,25?,26-/m0/s1. The predicted molar refractivity (Wildman–Crippen MR) is 131 cm³/mol. The second kappa shape index (κ2) is 9.39. The molecular formula is C26H29ClF2N2O5. The van der Waals surface area contributed by atoms with Gasteiger partial charge in [0.15, 0.2) is 11.8 Å². The van der Waals surface area contributed by atoms with E-state index in [2.05, 4.69) is 0 Å². The summed E-state index contributed by atoms with van der Waals surface area (Å²) in [5.41, 5.74) is 7.02. The van der Waals surface area contributed by atoms with Crippen molar-refractivity contribution in [3.63, 3.8) is 0 Å². The Kier molecular flexibility index (Phi) is 6.91. The van der Waals surface area contributed by atoms with E-state index in [1.54, 1.807) is 6.08 Å². The SMILES string of the molecule is CC1(OCCO)C=CC(C(N)=O)=C(c2c(Cl)c(F)cc3c2[C@H](O)[C@@](CN)(C2(C)C=CC=CC2)O3)C1F. The van der Waals surface area contributed by atoms with Crippen molar-refractivity contribution >= 4 is 23.1 Å². The summed E-state index contributed by atoms with van der Waals surface area (Å²) < 4.78 is 43.2. The van der Waals surface area contributed by atoms with Gasteiger partial charge in [0.1, 0.15) is 23.3 Å². The molecule has 7 nitrogen and oxygen atoms in total. The van der Waals surface area contributed by atoms with Gasteiger partial charge in [0.25, 0.3) is 0 Å². The topological polar surface area (TPSA) is 128 Å². The van der Waals surface area contributed by atoms with Crippen LogP contribution in [0.4, 0.5) is 8.78 Å². The van der Waals surface area contributed by atoms with Gasteiger partial charge in [0.05, 0.1) is 18.2 Å². The Hall–Kier alpha value is -2.56. The fraction of sp³-hybridized carbons (Fsp3) is 0.423. The van der Waals surface area contributed by atoms with Gasteiger partial charge in [-0.15, -0.1) is 0 Å². The van der Waals surface area contributed by atoms with Gasteiger partial charge in [-0.05, 0) is 19.4 Å². The van der Waals surface area contributed by atoms with Crippen LogP contribution in [0.1, 0.15) is 37.5 Å². The van der Waals surface area contributed by atoms with Gasteiger partial charge in [-0.2, -0.15) is 0 Å². The van der Waals surface area contributed by atoms with Crippen molar-refractivity contribution < 1.29 is 33.3 Å². The molecule has 1 heterocycles. The molecule has 3 unspecified atom stereocenters. The Balaban J connectivity index is 1.97. The monoisotopic (exact) mass is 522 g/mol. The number of amides is 1. The van der Waals surface area contributed by atoms with Gasteiger partial charge in [-0.3, -0.25) is 4.79 Å². The molecule has 0 aromatic heterocycles. The van der Waals surface area contributed by atoms with Crippen molar-refractivity contribution in [1.29, 1.82) is 0 Å². The smallest absolute Gasteiger partial charge is 0.249 e. The lowest BCUT2D eigenvalue weighted by Gasteiger charge is -2.45. The van der Waals surface area contributed by atoms with E-state index in [0.717, 1.165) is 6.07 Å². The van der Waals surface area contributed by atoms with Gasteiger partial charge in [-0.25, -0.2) is 8.78 Å². The summed E-state index contributed by atoms with van der Waals surface area (Å²) in [6.07, 6.45) is 6.91. The van der Waals surface area contributed by atoms with Gasteiger partial charge in [0, 0.05) is 40.3 Å². The molecule has 2 aliphatic carbocycles. The molecule has 10 heteroatoms. The summed E-state index contributed by atoms with van der Waals surface area (Å²) in [4.78, 5) is 12.4. The average molecular weight is 523 g/mol. The Bertz CT molecular complexity index is 1220. The first-order chi connectivity index (χ1) is 17.0. The minimum Gasteiger partial charge on any atom is -0.481 e. The zero-order chi connectivity index (χ0) is 26.5. The van der Waals surface area contributed by atoms with Crippen LogP contribution in [0.5, 0.6) is 5.75 Å². The fourth-order valence-electron chi connectivity index (χ4n) is 5.29. The predicted octanol–water partition coefficient (Wildman–Crippen LogP) is 3.04. The molecule has 5 atom stereocenters. The third-order valence-electron chi connectivity index (χ3n) is 7.42. The second-order valence-electron chi connectivity index (χ2n) is 9.61.